The minimum atomic E-state index is 0.427. The average Bonchev–Trinajstić information content (AvgIpc) is 2.81. The lowest BCUT2D eigenvalue weighted by Gasteiger charge is -2.23. The molecule has 1 aliphatic heterocycles. The lowest BCUT2D eigenvalue weighted by Crippen LogP contribution is -2.31. The number of ether oxygens (including phenoxy) is 1. The van der Waals surface area contributed by atoms with E-state index in [1.165, 1.54) is 18.4 Å². The Morgan fingerprint density at radius 1 is 1.47 bits per heavy atom. The summed E-state index contributed by atoms with van der Waals surface area (Å²) in [6.07, 6.45) is 2.84. The number of nitrogens with zero attached hydrogens (tertiary/aromatic N) is 1. The van der Waals surface area contributed by atoms with Gasteiger partial charge in [0.2, 0.25) is 0 Å². The minimum absolute atomic E-state index is 0.427. The van der Waals surface area contributed by atoms with Crippen molar-refractivity contribution in [2.45, 2.75) is 32.4 Å². The van der Waals surface area contributed by atoms with Crippen molar-refractivity contribution < 1.29 is 4.74 Å². The van der Waals surface area contributed by atoms with Gasteiger partial charge in [0, 0.05) is 25.4 Å². The van der Waals surface area contributed by atoms with Gasteiger partial charge in [0.25, 0.3) is 0 Å². The topological polar surface area (TPSA) is 38.5 Å². The van der Waals surface area contributed by atoms with E-state index in [1.54, 1.807) is 0 Å². The number of nitrogen functional groups attached to an aromatic ring is 1. The number of anilines is 1. The van der Waals surface area contributed by atoms with Crippen molar-refractivity contribution in [1.82, 2.24) is 4.90 Å². The summed E-state index contributed by atoms with van der Waals surface area (Å²) in [5, 5.41) is 0. The number of nitrogens with two attached hydrogens (primary N) is 1. The van der Waals surface area contributed by atoms with Crippen LogP contribution >= 0.6 is 0 Å². The molecule has 2 N–H and O–H groups in total. The molecule has 1 atom stereocenters. The molecule has 1 aliphatic rings. The van der Waals surface area contributed by atoms with Gasteiger partial charge < -0.3 is 10.5 Å². The maximum atomic E-state index is 5.80. The first-order valence-electron chi connectivity index (χ1n) is 6.46. The molecular formula is C14H22N2O. The molecule has 3 heteroatoms. The maximum absolute atomic E-state index is 5.80. The fourth-order valence-corrected chi connectivity index (χ4v) is 2.33. The maximum Gasteiger partial charge on any atom is 0.0702 e. The summed E-state index contributed by atoms with van der Waals surface area (Å²) in [4.78, 5) is 2.42. The van der Waals surface area contributed by atoms with Crippen LogP contribution in [0.25, 0.3) is 0 Å². The van der Waals surface area contributed by atoms with Crippen molar-refractivity contribution in [3.63, 3.8) is 0 Å². The van der Waals surface area contributed by atoms with Crippen molar-refractivity contribution in [3.8, 4) is 0 Å². The molecule has 1 aromatic carbocycles. The van der Waals surface area contributed by atoms with E-state index in [0.29, 0.717) is 6.10 Å². The average molecular weight is 234 g/mol. The monoisotopic (exact) mass is 234 g/mol. The number of likely N-dealkylation sites (N-methyl/N-ethyl adjacent to an activating group) is 1. The van der Waals surface area contributed by atoms with Gasteiger partial charge in [-0.1, -0.05) is 19.1 Å². The first-order chi connectivity index (χ1) is 8.28. The third-order valence-corrected chi connectivity index (χ3v) is 3.29. The van der Waals surface area contributed by atoms with Gasteiger partial charge in [0.15, 0.2) is 0 Å². The largest absolute Gasteiger partial charge is 0.399 e. The Morgan fingerprint density at radius 2 is 2.35 bits per heavy atom. The summed E-state index contributed by atoms with van der Waals surface area (Å²) in [5.74, 6) is 0. The van der Waals surface area contributed by atoms with Gasteiger partial charge in [0.1, 0.15) is 0 Å². The van der Waals surface area contributed by atoms with E-state index in [1.807, 2.05) is 12.1 Å². The summed E-state index contributed by atoms with van der Waals surface area (Å²) in [6.45, 7) is 6.17. The quantitative estimate of drug-likeness (QED) is 0.794. The molecule has 2 rings (SSSR count). The van der Waals surface area contributed by atoms with Crippen LogP contribution in [0.1, 0.15) is 25.3 Å². The highest BCUT2D eigenvalue weighted by atomic mass is 16.5. The molecule has 3 nitrogen and oxygen atoms in total. The predicted molar refractivity (Wildman–Crippen MR) is 70.8 cm³/mol. The molecule has 17 heavy (non-hydrogen) atoms. The van der Waals surface area contributed by atoms with Crippen LogP contribution in [0.5, 0.6) is 0 Å². The first-order valence-corrected chi connectivity index (χ1v) is 6.46. The Kier molecular flexibility index (Phi) is 4.40. The van der Waals surface area contributed by atoms with Crippen molar-refractivity contribution in [3.05, 3.63) is 29.8 Å². The summed E-state index contributed by atoms with van der Waals surface area (Å²) in [6, 6.07) is 8.14. The van der Waals surface area contributed by atoms with E-state index in [4.69, 9.17) is 10.5 Å². The summed E-state index contributed by atoms with van der Waals surface area (Å²) < 4.78 is 5.68. The molecule has 0 amide bonds. The molecule has 0 spiro atoms. The van der Waals surface area contributed by atoms with Crippen LogP contribution in [0.15, 0.2) is 24.3 Å². The van der Waals surface area contributed by atoms with Gasteiger partial charge in [0.05, 0.1) is 6.10 Å². The number of hydrogen-bond donors (Lipinski definition) is 1. The number of benzene rings is 1. The Morgan fingerprint density at radius 3 is 3.00 bits per heavy atom. The van der Waals surface area contributed by atoms with Gasteiger partial charge in [-0.3, -0.25) is 4.90 Å². The molecule has 1 saturated heterocycles. The van der Waals surface area contributed by atoms with Crippen molar-refractivity contribution >= 4 is 5.69 Å². The van der Waals surface area contributed by atoms with E-state index < -0.39 is 0 Å². The van der Waals surface area contributed by atoms with Crippen LogP contribution in [0.3, 0.4) is 0 Å². The van der Waals surface area contributed by atoms with E-state index >= 15 is 0 Å². The minimum Gasteiger partial charge on any atom is -0.399 e. The second-order valence-electron chi connectivity index (χ2n) is 4.71. The molecule has 0 saturated carbocycles. The highest BCUT2D eigenvalue weighted by molar-refractivity contribution is 5.40. The molecule has 0 radical (unpaired) electrons. The lowest BCUT2D eigenvalue weighted by molar-refractivity contribution is 0.0725. The summed E-state index contributed by atoms with van der Waals surface area (Å²) in [7, 11) is 0. The van der Waals surface area contributed by atoms with Gasteiger partial charge in [-0.15, -0.1) is 0 Å². The molecule has 94 valence electrons. The smallest absolute Gasteiger partial charge is 0.0702 e. The lowest BCUT2D eigenvalue weighted by atomic mass is 10.1. The van der Waals surface area contributed by atoms with Crippen LogP contribution in [0.4, 0.5) is 5.69 Å². The zero-order valence-corrected chi connectivity index (χ0v) is 10.6. The second kappa shape index (κ2) is 6.03. The zero-order valence-electron chi connectivity index (χ0n) is 10.6. The molecule has 1 heterocycles. The van der Waals surface area contributed by atoms with Crippen molar-refractivity contribution in [1.29, 1.82) is 0 Å². The highest BCUT2D eigenvalue weighted by Crippen LogP contribution is 2.15. The molecule has 0 aliphatic carbocycles. The van der Waals surface area contributed by atoms with Crippen LogP contribution < -0.4 is 5.73 Å². The first kappa shape index (κ1) is 12.4. The van der Waals surface area contributed by atoms with Crippen LogP contribution in [-0.4, -0.2) is 30.7 Å². The Bertz CT molecular complexity index is 348. The Labute approximate surface area is 104 Å². The van der Waals surface area contributed by atoms with Gasteiger partial charge in [-0.2, -0.15) is 0 Å². The van der Waals surface area contributed by atoms with E-state index in [0.717, 1.165) is 31.9 Å². The fraction of sp³-hybridized carbons (Fsp3) is 0.571. The van der Waals surface area contributed by atoms with Gasteiger partial charge in [-0.05, 0) is 37.1 Å². The Hall–Kier alpha value is -1.06. The van der Waals surface area contributed by atoms with E-state index in [-0.39, 0.29) is 0 Å². The van der Waals surface area contributed by atoms with E-state index in [9.17, 15) is 0 Å². The Balaban J connectivity index is 1.90. The van der Waals surface area contributed by atoms with Crippen molar-refractivity contribution in [2.24, 2.45) is 0 Å². The molecule has 0 bridgehead atoms. The number of rotatable bonds is 5. The van der Waals surface area contributed by atoms with E-state index in [2.05, 4.69) is 24.0 Å². The third kappa shape index (κ3) is 3.72. The standard InChI is InChI=1S/C14H22N2O/c1-2-16(11-14-7-4-8-17-14)10-12-5-3-6-13(15)9-12/h3,5-6,9,14H,2,4,7-8,10-11,15H2,1H3. The zero-order chi connectivity index (χ0) is 12.1. The second-order valence-corrected chi connectivity index (χ2v) is 4.71. The summed E-state index contributed by atoms with van der Waals surface area (Å²) >= 11 is 0. The van der Waals surface area contributed by atoms with Crippen LogP contribution in [-0.2, 0) is 11.3 Å². The van der Waals surface area contributed by atoms with Crippen molar-refractivity contribution in [2.75, 3.05) is 25.4 Å². The van der Waals surface area contributed by atoms with Crippen LogP contribution in [0, 0.1) is 0 Å². The molecule has 1 fully saturated rings. The number of hydrogen-bond acceptors (Lipinski definition) is 3. The van der Waals surface area contributed by atoms with Gasteiger partial charge >= 0.3 is 0 Å². The SMILES string of the molecule is CCN(Cc1cccc(N)c1)CC1CCCO1. The van der Waals surface area contributed by atoms with Gasteiger partial charge in [-0.25, -0.2) is 0 Å². The third-order valence-electron chi connectivity index (χ3n) is 3.29. The molecule has 1 unspecified atom stereocenters. The van der Waals surface area contributed by atoms with Crippen LogP contribution in [0.2, 0.25) is 0 Å². The molecular weight excluding hydrogens is 212 g/mol. The normalized spacial score (nSPS) is 20.0. The molecule has 1 aromatic rings. The highest BCUT2D eigenvalue weighted by Gasteiger charge is 2.18. The fourth-order valence-electron chi connectivity index (χ4n) is 2.33. The summed E-state index contributed by atoms with van der Waals surface area (Å²) in [5.41, 5.74) is 7.92. The predicted octanol–water partition coefficient (Wildman–Crippen LogP) is 2.27. The molecule has 0 aromatic heterocycles.